The highest BCUT2D eigenvalue weighted by molar-refractivity contribution is 5.89. The van der Waals surface area contributed by atoms with Gasteiger partial charge in [0.1, 0.15) is 11.8 Å². The molecular formula is C22H30ClN3O3. The summed E-state index contributed by atoms with van der Waals surface area (Å²) in [7, 11) is 1.72. The number of amides is 2. The van der Waals surface area contributed by atoms with E-state index in [4.69, 9.17) is 5.73 Å². The number of rotatable bonds is 10. The largest absolute Gasteiger partial charge is 0.508 e. The first kappa shape index (κ1) is 24.5. The molecule has 0 unspecified atom stereocenters. The second-order valence-electron chi connectivity index (χ2n) is 6.91. The molecule has 0 radical (unpaired) electrons. The molecule has 0 aliphatic rings. The van der Waals surface area contributed by atoms with Crippen LogP contribution in [-0.4, -0.2) is 47.5 Å². The molecule has 0 saturated carbocycles. The standard InChI is InChI=1S/C22H29N3O3.ClH/c1-16(21(23)27)25(14-6-9-17-7-4-3-5-8-17)22(28)20(24-2)15-18-10-12-19(26)13-11-18;/h3-5,7-8,10-13,16,20,24,26H,6,9,14-15H2,1-2H3,(H2,23,27);1H/t16-,20+;/m1./s1. The molecule has 2 amide bonds. The van der Waals surface area contributed by atoms with Gasteiger partial charge in [-0.25, -0.2) is 0 Å². The van der Waals surface area contributed by atoms with Gasteiger partial charge in [-0.05, 0) is 56.5 Å². The highest BCUT2D eigenvalue weighted by atomic mass is 35.5. The van der Waals surface area contributed by atoms with Crippen molar-refractivity contribution in [2.75, 3.05) is 13.6 Å². The molecule has 2 atom stereocenters. The number of phenolic OH excluding ortho intramolecular Hbond substituents is 1. The number of nitrogens with zero attached hydrogens (tertiary/aromatic N) is 1. The fraction of sp³-hybridized carbons (Fsp3) is 0.364. The first-order valence-corrected chi connectivity index (χ1v) is 9.51. The Morgan fingerprint density at radius 1 is 1.07 bits per heavy atom. The molecule has 0 aliphatic heterocycles. The van der Waals surface area contributed by atoms with Crippen LogP contribution in [0.25, 0.3) is 0 Å². The molecule has 0 heterocycles. The van der Waals surface area contributed by atoms with Gasteiger partial charge in [0, 0.05) is 6.54 Å². The summed E-state index contributed by atoms with van der Waals surface area (Å²) in [6, 6.07) is 15.6. The highest BCUT2D eigenvalue weighted by Gasteiger charge is 2.29. The van der Waals surface area contributed by atoms with Crippen molar-refractivity contribution >= 4 is 24.2 Å². The third-order valence-electron chi connectivity index (χ3n) is 4.89. The van der Waals surface area contributed by atoms with Crippen LogP contribution in [0.5, 0.6) is 5.75 Å². The summed E-state index contributed by atoms with van der Waals surface area (Å²) >= 11 is 0. The summed E-state index contributed by atoms with van der Waals surface area (Å²) in [5, 5.41) is 12.5. The number of hydrogen-bond donors (Lipinski definition) is 3. The van der Waals surface area contributed by atoms with E-state index in [9.17, 15) is 14.7 Å². The van der Waals surface area contributed by atoms with Gasteiger partial charge < -0.3 is 21.1 Å². The minimum absolute atomic E-state index is 0. The van der Waals surface area contributed by atoms with Crippen LogP contribution in [0.1, 0.15) is 24.5 Å². The van der Waals surface area contributed by atoms with Crippen molar-refractivity contribution in [1.29, 1.82) is 0 Å². The van der Waals surface area contributed by atoms with Gasteiger partial charge in [0.05, 0.1) is 6.04 Å². The molecule has 0 aliphatic carbocycles. The maximum absolute atomic E-state index is 13.1. The second-order valence-corrected chi connectivity index (χ2v) is 6.91. The molecule has 7 heteroatoms. The number of likely N-dealkylation sites (N-methyl/N-ethyl adjacent to an activating group) is 1. The van der Waals surface area contributed by atoms with Crippen LogP contribution >= 0.6 is 12.4 Å². The predicted octanol–water partition coefficient (Wildman–Crippen LogP) is 2.28. The van der Waals surface area contributed by atoms with Gasteiger partial charge >= 0.3 is 0 Å². The number of benzene rings is 2. The molecule has 6 nitrogen and oxygen atoms in total. The zero-order valence-corrected chi connectivity index (χ0v) is 17.7. The zero-order chi connectivity index (χ0) is 20.5. The fourth-order valence-electron chi connectivity index (χ4n) is 3.13. The Morgan fingerprint density at radius 2 is 1.69 bits per heavy atom. The number of hydrogen-bond acceptors (Lipinski definition) is 4. The fourth-order valence-corrected chi connectivity index (χ4v) is 3.13. The number of aryl methyl sites for hydroxylation is 1. The van der Waals surface area contributed by atoms with Crippen molar-refractivity contribution < 1.29 is 14.7 Å². The molecule has 0 aromatic heterocycles. The van der Waals surface area contributed by atoms with Crippen molar-refractivity contribution in [1.82, 2.24) is 10.2 Å². The molecule has 4 N–H and O–H groups in total. The zero-order valence-electron chi connectivity index (χ0n) is 16.9. The monoisotopic (exact) mass is 419 g/mol. The number of nitrogens with one attached hydrogen (secondary N) is 1. The number of phenols is 1. The Bertz CT molecular complexity index is 769. The van der Waals surface area contributed by atoms with Crippen molar-refractivity contribution in [3.8, 4) is 5.75 Å². The molecule has 2 aromatic rings. The third-order valence-corrected chi connectivity index (χ3v) is 4.89. The highest BCUT2D eigenvalue weighted by Crippen LogP contribution is 2.14. The maximum Gasteiger partial charge on any atom is 0.240 e. The Labute approximate surface area is 178 Å². The number of carbonyl (C=O) groups is 2. The van der Waals surface area contributed by atoms with Gasteiger partial charge in [0.15, 0.2) is 0 Å². The van der Waals surface area contributed by atoms with Crippen LogP contribution in [0.2, 0.25) is 0 Å². The van der Waals surface area contributed by atoms with Crippen molar-refractivity contribution in [3.05, 3.63) is 65.7 Å². The summed E-state index contributed by atoms with van der Waals surface area (Å²) in [5.41, 5.74) is 7.60. The molecule has 2 aromatic carbocycles. The Balaban J connectivity index is 0.00000420. The lowest BCUT2D eigenvalue weighted by atomic mass is 10.0. The van der Waals surface area contributed by atoms with Crippen molar-refractivity contribution in [2.24, 2.45) is 5.73 Å². The maximum atomic E-state index is 13.1. The number of nitrogens with two attached hydrogens (primary N) is 1. The van der Waals surface area contributed by atoms with Crippen LogP contribution in [0.15, 0.2) is 54.6 Å². The van der Waals surface area contributed by atoms with Gasteiger partial charge in [-0.2, -0.15) is 0 Å². The van der Waals surface area contributed by atoms with Gasteiger partial charge in [0.25, 0.3) is 0 Å². The van der Waals surface area contributed by atoms with Crippen LogP contribution in [0.3, 0.4) is 0 Å². The lowest BCUT2D eigenvalue weighted by molar-refractivity contribution is -0.140. The second kappa shape index (κ2) is 12.1. The molecular weight excluding hydrogens is 390 g/mol. The number of aromatic hydroxyl groups is 1. The van der Waals surface area contributed by atoms with Crippen LogP contribution in [0.4, 0.5) is 0 Å². The van der Waals surface area contributed by atoms with E-state index in [2.05, 4.69) is 5.32 Å². The normalized spacial score (nSPS) is 12.5. The van der Waals surface area contributed by atoms with Gasteiger partial charge in [-0.1, -0.05) is 42.5 Å². The summed E-state index contributed by atoms with van der Waals surface area (Å²) in [6.45, 7) is 2.11. The van der Waals surface area contributed by atoms with E-state index in [-0.39, 0.29) is 24.1 Å². The summed E-state index contributed by atoms with van der Waals surface area (Å²) in [5.74, 6) is -0.497. The lowest BCUT2D eigenvalue weighted by Crippen LogP contribution is -2.53. The molecule has 0 bridgehead atoms. The van der Waals surface area contributed by atoms with Gasteiger partial charge in [-0.3, -0.25) is 9.59 Å². The smallest absolute Gasteiger partial charge is 0.240 e. The molecule has 0 fully saturated rings. The van der Waals surface area contributed by atoms with Gasteiger partial charge in [0.2, 0.25) is 11.8 Å². The van der Waals surface area contributed by atoms with E-state index in [1.165, 1.54) is 5.56 Å². The minimum Gasteiger partial charge on any atom is -0.508 e. The van der Waals surface area contributed by atoms with Gasteiger partial charge in [-0.15, -0.1) is 12.4 Å². The van der Waals surface area contributed by atoms with E-state index in [0.717, 1.165) is 18.4 Å². The average Bonchev–Trinajstić information content (AvgIpc) is 2.70. The lowest BCUT2D eigenvalue weighted by Gasteiger charge is -2.31. The first-order chi connectivity index (χ1) is 13.4. The van der Waals surface area contributed by atoms with E-state index in [1.54, 1.807) is 43.1 Å². The van der Waals surface area contributed by atoms with Crippen LogP contribution in [0, 0.1) is 0 Å². The average molecular weight is 420 g/mol. The van der Waals surface area contributed by atoms with E-state index in [1.807, 2.05) is 30.3 Å². The molecule has 158 valence electrons. The molecule has 0 spiro atoms. The van der Waals surface area contributed by atoms with E-state index < -0.39 is 18.0 Å². The summed E-state index contributed by atoms with van der Waals surface area (Å²) in [4.78, 5) is 26.5. The molecule has 0 saturated heterocycles. The number of carbonyl (C=O) groups excluding carboxylic acids is 2. The van der Waals surface area contributed by atoms with E-state index in [0.29, 0.717) is 13.0 Å². The van der Waals surface area contributed by atoms with Crippen molar-refractivity contribution in [3.63, 3.8) is 0 Å². The molecule has 2 rings (SSSR count). The Hall–Kier alpha value is -2.57. The number of halogens is 1. The third kappa shape index (κ3) is 7.40. The minimum atomic E-state index is -0.682. The predicted molar refractivity (Wildman–Crippen MR) is 117 cm³/mol. The topological polar surface area (TPSA) is 95.7 Å². The van der Waals surface area contributed by atoms with Crippen LogP contribution < -0.4 is 11.1 Å². The Morgan fingerprint density at radius 3 is 2.24 bits per heavy atom. The molecule has 29 heavy (non-hydrogen) atoms. The van der Waals surface area contributed by atoms with Crippen molar-refractivity contribution in [2.45, 2.75) is 38.3 Å². The number of primary amides is 1. The Kier molecular flexibility index (Phi) is 10.2. The first-order valence-electron chi connectivity index (χ1n) is 9.51. The van der Waals surface area contributed by atoms with E-state index >= 15 is 0 Å². The SMILES string of the molecule is CN[C@@H](Cc1ccc(O)cc1)C(=O)N(CCCc1ccccc1)[C@H](C)C(N)=O.Cl. The summed E-state index contributed by atoms with van der Waals surface area (Å²) < 4.78 is 0. The quantitative estimate of drug-likeness (QED) is 0.550. The summed E-state index contributed by atoms with van der Waals surface area (Å²) in [6.07, 6.45) is 2.01. The van der Waals surface area contributed by atoms with Crippen LogP contribution in [-0.2, 0) is 22.4 Å².